The minimum absolute atomic E-state index is 0.0548. The van der Waals surface area contributed by atoms with Crippen LogP contribution in [0.2, 0.25) is 0 Å². The molecular weight excluding hydrogens is 1300 g/mol. The zero-order valence-electron chi connectivity index (χ0n) is 64.0. The van der Waals surface area contributed by atoms with Gasteiger partial charge in [-0.3, -0.25) is 43.2 Å². The van der Waals surface area contributed by atoms with Crippen LogP contribution in [0.15, 0.2) is 0 Å². The molecule has 19 N–H and O–H groups in total. The van der Waals surface area contributed by atoms with Crippen LogP contribution in [0, 0.1) is 0 Å². The van der Waals surface area contributed by atoms with Crippen LogP contribution in [0.1, 0.15) is 342 Å². The second-order valence-corrected chi connectivity index (χ2v) is 29.3. The first kappa shape index (κ1) is 96.4. The Labute approximate surface area is 616 Å². The molecule has 0 fully saturated rings. The van der Waals surface area contributed by atoms with Gasteiger partial charge in [0, 0.05) is 30.9 Å². The normalized spacial score (nSPS) is 13.4. The molecule has 0 aliphatic carbocycles. The first-order valence-corrected chi connectivity index (χ1v) is 41.9. The second-order valence-electron chi connectivity index (χ2n) is 28.3. The van der Waals surface area contributed by atoms with Crippen molar-refractivity contribution in [3.05, 3.63) is 0 Å². The number of nitrogens with two attached hydrogens (primary N) is 5. The van der Waals surface area contributed by atoms with E-state index in [0.717, 1.165) is 70.6 Å². The third-order valence-electron chi connectivity index (χ3n) is 18.9. The Morgan fingerprint density at radius 2 is 0.535 bits per heavy atom. The Bertz CT molecular complexity index is 2100. The maximum Gasteiger partial charge on any atom is 0.245 e. The molecule has 0 bridgehead atoms. The lowest BCUT2D eigenvalue weighted by molar-refractivity contribution is -0.136. The van der Waals surface area contributed by atoms with Crippen molar-refractivity contribution in [2.45, 2.75) is 384 Å². The summed E-state index contributed by atoms with van der Waals surface area (Å²) in [5.74, 6) is -5.47. The highest BCUT2D eigenvalue weighted by Gasteiger charge is 2.34. The fourth-order valence-corrected chi connectivity index (χ4v) is 13.5. The molecule has 23 nitrogen and oxygen atoms in total. The zero-order chi connectivity index (χ0) is 74.6. The van der Waals surface area contributed by atoms with Gasteiger partial charge in [-0.25, -0.2) is 0 Å². The van der Waals surface area contributed by atoms with Crippen molar-refractivity contribution >= 4 is 64.9 Å². The number of carbonyl (C=O) groups is 9. The Hall–Kier alpha value is -4.62. The average Bonchev–Trinajstić information content (AvgIpc) is 0.880. The van der Waals surface area contributed by atoms with Crippen molar-refractivity contribution in [1.82, 2.24) is 42.5 Å². The predicted octanol–water partition coefficient (Wildman–Crippen LogP) is 10.1. The van der Waals surface area contributed by atoms with E-state index in [2.05, 4.69) is 63.3 Å². The van der Waals surface area contributed by atoms with E-state index >= 15 is 0 Å². The minimum Gasteiger partial charge on any atom is -0.394 e. The molecule has 0 radical (unpaired) electrons. The quantitative estimate of drug-likeness (QED) is 0.0252. The van der Waals surface area contributed by atoms with E-state index < -0.39 is 84.3 Å². The molecule has 590 valence electrons. The van der Waals surface area contributed by atoms with Gasteiger partial charge in [0.05, 0.1) is 6.61 Å². The van der Waals surface area contributed by atoms with Gasteiger partial charge in [0.25, 0.3) is 0 Å². The summed E-state index contributed by atoms with van der Waals surface area (Å²) in [5, 5.41) is 33.2. The van der Waals surface area contributed by atoms with Crippen molar-refractivity contribution in [2.24, 2.45) is 28.7 Å². The summed E-state index contributed by atoms with van der Waals surface area (Å²) in [5.41, 5.74) is 28.8. The molecule has 0 heterocycles. The lowest BCUT2D eigenvalue weighted by Crippen LogP contribution is -2.60. The molecule has 24 heteroatoms. The van der Waals surface area contributed by atoms with Gasteiger partial charge in [-0.2, -0.15) is 11.8 Å². The molecule has 0 saturated carbocycles. The molecule has 0 aromatic heterocycles. The monoisotopic (exact) mass is 1450 g/mol. The summed E-state index contributed by atoms with van der Waals surface area (Å²) in [6.45, 7) is 7.54. The Morgan fingerprint density at radius 3 is 0.832 bits per heavy atom. The molecule has 9 amide bonds. The fourth-order valence-electron chi connectivity index (χ4n) is 12.4. The fraction of sp³-hybridized carbons (Fsp3) is 0.883. The lowest BCUT2D eigenvalue weighted by atomic mass is 10.0. The van der Waals surface area contributed by atoms with E-state index in [1.165, 1.54) is 159 Å². The summed E-state index contributed by atoms with van der Waals surface area (Å²) in [7, 11) is 0. The van der Waals surface area contributed by atoms with Crippen molar-refractivity contribution in [3.63, 3.8) is 0 Å². The molecule has 0 spiro atoms. The number of carbonyl (C=O) groups excluding carboxylic acids is 9. The Balaban J connectivity index is 6.63. The minimum atomic E-state index is -1.61. The number of nitrogens with one attached hydrogen (secondary N) is 8. The summed E-state index contributed by atoms with van der Waals surface area (Å²) in [6.07, 6.45) is 46.4. The smallest absolute Gasteiger partial charge is 0.245 e. The van der Waals surface area contributed by atoms with Crippen LogP contribution in [0.5, 0.6) is 0 Å². The van der Waals surface area contributed by atoms with Crippen molar-refractivity contribution in [1.29, 1.82) is 0 Å². The molecule has 0 saturated heterocycles. The van der Waals surface area contributed by atoms with E-state index in [9.17, 15) is 48.3 Å². The zero-order valence-corrected chi connectivity index (χ0v) is 64.8. The topological polar surface area (TPSA) is 400 Å². The lowest BCUT2D eigenvalue weighted by Gasteiger charge is -2.27. The van der Waals surface area contributed by atoms with Gasteiger partial charge >= 0.3 is 0 Å². The highest BCUT2D eigenvalue weighted by atomic mass is 32.2. The molecule has 0 rings (SSSR count). The summed E-state index contributed by atoms with van der Waals surface area (Å²) in [6, 6.07) is -8.45. The first-order valence-electron chi connectivity index (χ1n) is 40.7. The highest BCUT2D eigenvalue weighted by Crippen LogP contribution is 2.18. The van der Waals surface area contributed by atoms with E-state index in [-0.39, 0.29) is 74.3 Å². The summed E-state index contributed by atoms with van der Waals surface area (Å²) < 4.78 is 0. The Morgan fingerprint density at radius 1 is 0.287 bits per heavy atom. The van der Waals surface area contributed by atoms with E-state index in [1.54, 1.807) is 0 Å². The number of aliphatic hydroxyl groups is 1. The molecule has 7 atom stereocenters. The van der Waals surface area contributed by atoms with Crippen molar-refractivity contribution in [3.8, 4) is 0 Å². The largest absolute Gasteiger partial charge is 0.394 e. The standard InChI is InChI=1S/C77H151N13O10S/c1-4-7-10-13-16-19-22-23-24-27-30-33-36-47-58-83-72(95)67(84-69(92)52-37-34-31-28-25-20-17-14-11-8-5-2)60-101-61-68(85-70(93)53-38-35-32-29-26-21-18-15-12-9-6-3)77(100)90-66(59-91)76(99)89-65(51-42-46-57-81)75(98)88-64(50-41-45-56-80)74(97)87-63(49-40-44-55-79)73(96)86-62(71(82)94)48-39-43-54-78/h62-68,91H,4-61,78-81H2,1-3H3,(H2,82,94)(H,83,95)(H,84,92)(H,85,93)(H,86,96)(H,87,97)(H,88,98)(H,89,99)(H,90,100)/t62-,63-,64-,65-,66-,67-,68-/m0/s1. The highest BCUT2D eigenvalue weighted by molar-refractivity contribution is 7.99. The van der Waals surface area contributed by atoms with Gasteiger partial charge < -0.3 is 76.3 Å². The Kier molecular flexibility index (Phi) is 66.5. The molecule has 0 unspecified atom stereocenters. The molecule has 0 aliphatic heterocycles. The molecule has 0 aromatic rings. The van der Waals surface area contributed by atoms with Crippen LogP contribution in [0.4, 0.5) is 0 Å². The van der Waals surface area contributed by atoms with Gasteiger partial charge in [0.15, 0.2) is 0 Å². The van der Waals surface area contributed by atoms with Crippen LogP contribution in [0.25, 0.3) is 0 Å². The average molecular weight is 1450 g/mol. The second kappa shape index (κ2) is 69.7. The molecule has 0 aliphatic rings. The summed E-state index contributed by atoms with van der Waals surface area (Å²) >= 11 is 1.20. The van der Waals surface area contributed by atoms with Gasteiger partial charge in [0.1, 0.15) is 42.3 Å². The van der Waals surface area contributed by atoms with Crippen LogP contribution < -0.4 is 71.2 Å². The number of aliphatic hydroxyl groups excluding tert-OH is 1. The van der Waals surface area contributed by atoms with Crippen LogP contribution in [-0.4, -0.2) is 151 Å². The van der Waals surface area contributed by atoms with Gasteiger partial charge in [-0.05, 0) is 122 Å². The summed E-state index contributed by atoms with van der Waals surface area (Å²) in [4.78, 5) is 125. The van der Waals surface area contributed by atoms with Crippen molar-refractivity contribution in [2.75, 3.05) is 50.8 Å². The van der Waals surface area contributed by atoms with E-state index in [4.69, 9.17) is 28.7 Å². The first-order chi connectivity index (χ1) is 49.1. The number of unbranched alkanes of at least 4 members (excludes halogenated alkanes) is 37. The van der Waals surface area contributed by atoms with Crippen LogP contribution in [0.3, 0.4) is 0 Å². The number of rotatable bonds is 74. The maximum absolute atomic E-state index is 14.5. The molecule has 101 heavy (non-hydrogen) atoms. The van der Waals surface area contributed by atoms with E-state index in [1.807, 2.05) is 0 Å². The SMILES string of the molecule is CCCCCCCCCCCCCCCCNC(=O)[C@H](CSC[C@H](NC(=O)CCCCCCCCCCCCC)C(=O)N[C@@H](CO)C(=O)N[C@@H](CCCCN)C(=O)N[C@@H](CCCCN)C(=O)N[C@@H](CCCCN)C(=O)N[C@@H](CCCCN)C(N)=O)NC(=O)CCCCCCCCCCCCC. The number of hydrogen-bond acceptors (Lipinski definition) is 15. The van der Waals surface area contributed by atoms with Crippen LogP contribution in [-0.2, 0) is 43.2 Å². The third-order valence-corrected chi connectivity index (χ3v) is 20.0. The number of amides is 9. The predicted molar refractivity (Wildman–Crippen MR) is 414 cm³/mol. The van der Waals surface area contributed by atoms with Crippen LogP contribution >= 0.6 is 11.8 Å². The van der Waals surface area contributed by atoms with Gasteiger partial charge in [0.2, 0.25) is 53.2 Å². The van der Waals surface area contributed by atoms with Gasteiger partial charge in [-0.15, -0.1) is 0 Å². The van der Waals surface area contributed by atoms with Gasteiger partial charge in [-0.1, -0.05) is 233 Å². The van der Waals surface area contributed by atoms with Crippen molar-refractivity contribution < 1.29 is 48.3 Å². The number of primary amides is 1. The number of thioether (sulfide) groups is 1. The number of hydrogen-bond donors (Lipinski definition) is 14. The molecular formula is C77H151N13O10S. The third kappa shape index (κ3) is 55.5. The molecule has 0 aromatic carbocycles. The maximum atomic E-state index is 14.5. The van der Waals surface area contributed by atoms with E-state index in [0.29, 0.717) is 90.4 Å².